The Morgan fingerprint density at radius 2 is 2.15 bits per heavy atom. The summed E-state index contributed by atoms with van der Waals surface area (Å²) in [4.78, 5) is 21.8. The monoisotopic (exact) mass is 421 g/mol. The van der Waals surface area contributed by atoms with Crippen molar-refractivity contribution in [1.29, 1.82) is 0 Å². The Balaban J connectivity index is 1.52. The number of carbonyl (C=O) groups is 1. The molecule has 1 amide bonds. The minimum Gasteiger partial charge on any atom is -0.368 e. The van der Waals surface area contributed by atoms with Crippen LogP contribution < -0.4 is 4.90 Å². The van der Waals surface area contributed by atoms with Crippen molar-refractivity contribution in [2.45, 2.75) is 24.6 Å². The van der Waals surface area contributed by atoms with E-state index < -0.39 is 0 Å². The van der Waals surface area contributed by atoms with Gasteiger partial charge in [0.2, 0.25) is 5.91 Å². The third kappa shape index (κ3) is 3.78. The molecule has 0 spiro atoms. The molecule has 0 unspecified atom stereocenters. The molecule has 7 heteroatoms. The van der Waals surface area contributed by atoms with Crippen LogP contribution in [0.3, 0.4) is 0 Å². The van der Waals surface area contributed by atoms with E-state index in [4.69, 9.17) is 23.2 Å². The fourth-order valence-electron chi connectivity index (χ4n) is 3.96. The summed E-state index contributed by atoms with van der Waals surface area (Å²) in [5.74, 6) is 1.12. The molecule has 0 radical (unpaired) electrons. The van der Waals surface area contributed by atoms with E-state index in [9.17, 15) is 4.79 Å². The fourth-order valence-corrected chi connectivity index (χ4v) is 5.83. The smallest absolute Gasteiger partial charge is 0.238 e. The van der Waals surface area contributed by atoms with Crippen molar-refractivity contribution in [3.05, 3.63) is 57.8 Å². The summed E-state index contributed by atoms with van der Waals surface area (Å²) < 4.78 is 0. The predicted octanol–water partition coefficient (Wildman–Crippen LogP) is 4.46. The van der Waals surface area contributed by atoms with Gasteiger partial charge in [-0.15, -0.1) is 11.8 Å². The lowest BCUT2D eigenvalue weighted by atomic mass is 9.93. The van der Waals surface area contributed by atoms with Crippen molar-refractivity contribution >= 4 is 46.6 Å². The summed E-state index contributed by atoms with van der Waals surface area (Å²) in [6.45, 7) is 4.40. The maximum Gasteiger partial charge on any atom is 0.238 e. The number of thioether (sulfide) groups is 1. The van der Waals surface area contributed by atoms with E-state index in [-0.39, 0.29) is 17.2 Å². The minimum atomic E-state index is -0.0750. The maximum atomic E-state index is 13.3. The van der Waals surface area contributed by atoms with Gasteiger partial charge in [0.1, 0.15) is 5.25 Å². The first kappa shape index (κ1) is 18.9. The normalized spacial score (nSPS) is 22.5. The Kier molecular flexibility index (Phi) is 5.53. The highest BCUT2D eigenvalue weighted by atomic mass is 35.5. The Morgan fingerprint density at radius 3 is 2.93 bits per heavy atom. The van der Waals surface area contributed by atoms with Gasteiger partial charge in [-0.2, -0.15) is 0 Å². The van der Waals surface area contributed by atoms with Crippen LogP contribution in [0.2, 0.25) is 10.0 Å². The number of benzene rings is 1. The number of aromatic nitrogens is 1. The largest absolute Gasteiger partial charge is 0.368 e. The van der Waals surface area contributed by atoms with Gasteiger partial charge in [0.25, 0.3) is 0 Å². The molecule has 1 aromatic heterocycles. The first-order chi connectivity index (χ1) is 13.0. The van der Waals surface area contributed by atoms with Gasteiger partial charge in [0.15, 0.2) is 0 Å². The molecule has 0 aliphatic carbocycles. The summed E-state index contributed by atoms with van der Waals surface area (Å²) in [6, 6.07) is 7.69. The Labute approximate surface area is 173 Å². The second kappa shape index (κ2) is 7.90. The number of amides is 1. The molecule has 2 aliphatic rings. The second-order valence-corrected chi connectivity index (χ2v) is 9.09. The van der Waals surface area contributed by atoms with Gasteiger partial charge in [-0.3, -0.25) is 9.78 Å². The first-order valence-corrected chi connectivity index (χ1v) is 10.9. The molecular formula is C20H21Cl2N3OS. The van der Waals surface area contributed by atoms with Crippen LogP contribution in [-0.2, 0) is 11.2 Å². The van der Waals surface area contributed by atoms with E-state index >= 15 is 0 Å². The number of fused-ring (bicyclic) bond motifs is 1. The molecule has 0 N–H and O–H groups in total. The molecule has 2 atom stereocenters. The van der Waals surface area contributed by atoms with Crippen molar-refractivity contribution in [2.24, 2.45) is 0 Å². The topological polar surface area (TPSA) is 36.4 Å². The van der Waals surface area contributed by atoms with E-state index in [0.717, 1.165) is 35.5 Å². The van der Waals surface area contributed by atoms with Crippen LogP contribution in [0.1, 0.15) is 24.1 Å². The lowest BCUT2D eigenvalue weighted by Gasteiger charge is -2.40. The van der Waals surface area contributed by atoms with Crippen molar-refractivity contribution in [3.63, 3.8) is 0 Å². The quantitative estimate of drug-likeness (QED) is 0.716. The number of halogens is 2. The van der Waals surface area contributed by atoms with Gasteiger partial charge in [0.05, 0.1) is 17.9 Å². The van der Waals surface area contributed by atoms with Crippen LogP contribution in [0.25, 0.3) is 0 Å². The fraction of sp³-hybridized carbons (Fsp3) is 0.400. The van der Waals surface area contributed by atoms with Crippen molar-refractivity contribution < 1.29 is 4.79 Å². The molecule has 1 aromatic carbocycles. The van der Waals surface area contributed by atoms with Gasteiger partial charge >= 0.3 is 0 Å². The molecule has 4 rings (SSSR count). The minimum absolute atomic E-state index is 0.0413. The zero-order valence-electron chi connectivity index (χ0n) is 15.1. The highest BCUT2D eigenvalue weighted by Crippen LogP contribution is 2.38. The molecule has 142 valence electrons. The molecule has 0 bridgehead atoms. The Hall–Kier alpha value is -1.43. The Bertz CT molecular complexity index is 849. The molecule has 2 aliphatic heterocycles. The zero-order valence-corrected chi connectivity index (χ0v) is 17.4. The van der Waals surface area contributed by atoms with Crippen LogP contribution in [0.5, 0.6) is 0 Å². The molecule has 1 saturated heterocycles. The van der Waals surface area contributed by atoms with E-state index in [1.165, 1.54) is 0 Å². The predicted molar refractivity (Wildman–Crippen MR) is 113 cm³/mol. The third-order valence-electron chi connectivity index (χ3n) is 5.32. The molecule has 4 nitrogen and oxygen atoms in total. The molecule has 2 aromatic rings. The summed E-state index contributed by atoms with van der Waals surface area (Å²) in [5.41, 5.74) is 3.26. The average molecular weight is 422 g/mol. The number of carbonyl (C=O) groups excluding carboxylic acids is 1. The molecule has 0 saturated carbocycles. The van der Waals surface area contributed by atoms with Crippen molar-refractivity contribution in [1.82, 2.24) is 9.88 Å². The van der Waals surface area contributed by atoms with Gasteiger partial charge in [-0.05, 0) is 48.7 Å². The second-order valence-electron chi connectivity index (χ2n) is 6.93. The maximum absolute atomic E-state index is 13.3. The highest BCUT2D eigenvalue weighted by molar-refractivity contribution is 8.00. The first-order valence-electron chi connectivity index (χ1n) is 9.09. The van der Waals surface area contributed by atoms with E-state index in [1.54, 1.807) is 24.0 Å². The molecule has 3 heterocycles. The molecule has 1 fully saturated rings. The van der Waals surface area contributed by atoms with Crippen molar-refractivity contribution in [2.75, 3.05) is 30.3 Å². The standard InChI is InChI=1S/C20H21Cl2N3OS/c1-13-19-14(9-15(21)10-17(19)22)4-6-25(13)20(26)18-12-24(7-8-27-18)16-3-2-5-23-11-16/h2-3,5,9-11,13,18H,4,6-8,12H2,1H3/t13-,18-/m1/s1. The van der Waals surface area contributed by atoms with Crippen LogP contribution in [-0.4, -0.2) is 46.4 Å². The number of nitrogens with zero attached hydrogens (tertiary/aromatic N) is 3. The highest BCUT2D eigenvalue weighted by Gasteiger charge is 2.35. The van der Waals surface area contributed by atoms with Crippen LogP contribution in [0.4, 0.5) is 5.69 Å². The van der Waals surface area contributed by atoms with Gasteiger partial charge < -0.3 is 9.80 Å². The number of rotatable bonds is 2. The number of hydrogen-bond donors (Lipinski definition) is 0. The number of pyridine rings is 1. The van der Waals surface area contributed by atoms with E-state index in [2.05, 4.69) is 16.8 Å². The molecular weight excluding hydrogens is 401 g/mol. The zero-order chi connectivity index (χ0) is 19.0. The lowest BCUT2D eigenvalue weighted by molar-refractivity contribution is -0.133. The van der Waals surface area contributed by atoms with Gasteiger partial charge in [-0.1, -0.05) is 23.2 Å². The summed E-state index contributed by atoms with van der Waals surface area (Å²) in [7, 11) is 0. The summed E-state index contributed by atoms with van der Waals surface area (Å²) in [6.07, 6.45) is 4.42. The average Bonchev–Trinajstić information content (AvgIpc) is 2.68. The number of hydrogen-bond acceptors (Lipinski definition) is 4. The third-order valence-corrected chi connectivity index (χ3v) is 7.03. The van der Waals surface area contributed by atoms with Gasteiger partial charge in [0, 0.05) is 41.6 Å². The van der Waals surface area contributed by atoms with Crippen LogP contribution in [0, 0.1) is 0 Å². The lowest BCUT2D eigenvalue weighted by Crippen LogP contribution is -2.49. The van der Waals surface area contributed by atoms with Crippen molar-refractivity contribution in [3.8, 4) is 0 Å². The number of anilines is 1. The van der Waals surface area contributed by atoms with Crippen LogP contribution >= 0.6 is 35.0 Å². The van der Waals surface area contributed by atoms with Gasteiger partial charge in [-0.25, -0.2) is 0 Å². The SMILES string of the molecule is C[C@@H]1c2c(Cl)cc(Cl)cc2CCN1C(=O)[C@H]1CN(c2cccnc2)CCS1. The van der Waals surface area contributed by atoms with E-state index in [1.807, 2.05) is 29.3 Å². The van der Waals surface area contributed by atoms with Crippen LogP contribution in [0.15, 0.2) is 36.7 Å². The summed E-state index contributed by atoms with van der Waals surface area (Å²) >= 11 is 14.4. The summed E-state index contributed by atoms with van der Waals surface area (Å²) in [5, 5.41) is 1.23. The van der Waals surface area contributed by atoms with E-state index in [0.29, 0.717) is 23.1 Å². The molecule has 27 heavy (non-hydrogen) atoms. The Morgan fingerprint density at radius 1 is 1.30 bits per heavy atom.